The molecule has 0 unspecified atom stereocenters. The molecule has 0 saturated carbocycles. The van der Waals surface area contributed by atoms with Crippen molar-refractivity contribution in [1.29, 1.82) is 5.41 Å². The van der Waals surface area contributed by atoms with Crippen molar-refractivity contribution in [3.05, 3.63) is 107 Å². The van der Waals surface area contributed by atoms with E-state index in [4.69, 9.17) is 10.1 Å². The lowest BCUT2D eigenvalue weighted by Crippen LogP contribution is -2.35. The summed E-state index contributed by atoms with van der Waals surface area (Å²) in [5.74, 6) is -0.0794. The predicted molar refractivity (Wildman–Crippen MR) is 149 cm³/mol. The van der Waals surface area contributed by atoms with E-state index in [1.54, 1.807) is 24.3 Å². The molecule has 1 aromatic heterocycles. The number of para-hydroxylation sites is 2. The number of aryl methyl sites for hydroxylation is 1. The molecule has 0 aliphatic carbocycles. The SMILES string of the molecule is Cc1ccccc1OCC1=NN2C(=N)/C(=C/c3cn(Cc4ccccc4F)c4ccccc34)C(=O)N=C2S1. The van der Waals surface area contributed by atoms with Crippen LogP contribution in [0.2, 0.25) is 0 Å². The second-order valence-electron chi connectivity index (χ2n) is 8.89. The van der Waals surface area contributed by atoms with E-state index in [1.165, 1.54) is 22.8 Å². The maximum absolute atomic E-state index is 14.3. The molecule has 1 amide bonds. The van der Waals surface area contributed by atoms with E-state index in [-0.39, 0.29) is 23.8 Å². The Kier molecular flexibility index (Phi) is 6.13. The van der Waals surface area contributed by atoms with Gasteiger partial charge in [-0.05, 0) is 48.5 Å². The summed E-state index contributed by atoms with van der Waals surface area (Å²) in [6.07, 6.45) is 3.53. The quantitative estimate of drug-likeness (QED) is 0.322. The number of nitrogens with one attached hydrogen (secondary N) is 1. The Bertz CT molecular complexity index is 1700. The number of carbonyl (C=O) groups excluding carboxylic acids is 1. The molecule has 4 aromatic rings. The molecule has 9 heteroatoms. The molecule has 0 fully saturated rings. The number of hydrazone groups is 1. The Morgan fingerprint density at radius 2 is 1.82 bits per heavy atom. The number of hydrogen-bond donors (Lipinski definition) is 1. The van der Waals surface area contributed by atoms with Gasteiger partial charge in [-0.3, -0.25) is 10.2 Å². The Hall–Kier alpha value is -4.50. The van der Waals surface area contributed by atoms with Crippen LogP contribution in [-0.2, 0) is 11.3 Å². The highest BCUT2D eigenvalue weighted by Crippen LogP contribution is 2.31. The molecule has 2 aliphatic heterocycles. The van der Waals surface area contributed by atoms with Crippen molar-refractivity contribution < 1.29 is 13.9 Å². The van der Waals surface area contributed by atoms with Crippen LogP contribution in [0.15, 0.2) is 94.7 Å². The molecular formula is C29H22FN5O2S. The Morgan fingerprint density at radius 3 is 2.66 bits per heavy atom. The molecule has 188 valence electrons. The van der Waals surface area contributed by atoms with Crippen molar-refractivity contribution in [3.63, 3.8) is 0 Å². The van der Waals surface area contributed by atoms with Crippen LogP contribution in [0.5, 0.6) is 5.75 Å². The zero-order valence-corrected chi connectivity index (χ0v) is 21.2. The summed E-state index contributed by atoms with van der Waals surface area (Å²) in [5.41, 5.74) is 3.34. The highest BCUT2D eigenvalue weighted by atomic mass is 32.2. The fourth-order valence-electron chi connectivity index (χ4n) is 4.43. The fourth-order valence-corrected chi connectivity index (χ4v) is 5.23. The van der Waals surface area contributed by atoms with Crippen molar-refractivity contribution in [2.24, 2.45) is 10.1 Å². The lowest BCUT2D eigenvalue weighted by molar-refractivity contribution is -0.114. The predicted octanol–water partition coefficient (Wildman–Crippen LogP) is 5.84. The molecule has 1 N–H and O–H groups in total. The lowest BCUT2D eigenvalue weighted by Gasteiger charge is -2.20. The van der Waals surface area contributed by atoms with Crippen LogP contribution in [0, 0.1) is 18.2 Å². The summed E-state index contributed by atoms with van der Waals surface area (Å²) in [4.78, 5) is 17.2. The van der Waals surface area contributed by atoms with Gasteiger partial charge in [0.25, 0.3) is 5.91 Å². The van der Waals surface area contributed by atoms with Crippen LogP contribution < -0.4 is 4.74 Å². The molecule has 0 spiro atoms. The van der Waals surface area contributed by atoms with Gasteiger partial charge >= 0.3 is 0 Å². The lowest BCUT2D eigenvalue weighted by atomic mass is 10.1. The number of carbonyl (C=O) groups is 1. The van der Waals surface area contributed by atoms with Gasteiger partial charge in [0.1, 0.15) is 23.2 Å². The van der Waals surface area contributed by atoms with E-state index in [1.807, 2.05) is 66.2 Å². The number of ether oxygens (including phenoxy) is 1. The van der Waals surface area contributed by atoms with Crippen LogP contribution in [0.25, 0.3) is 17.0 Å². The number of benzene rings is 3. The van der Waals surface area contributed by atoms with E-state index in [9.17, 15) is 9.18 Å². The van der Waals surface area contributed by atoms with E-state index in [0.717, 1.165) is 27.8 Å². The zero-order chi connectivity index (χ0) is 26.2. The van der Waals surface area contributed by atoms with Gasteiger partial charge in [-0.15, -0.1) is 0 Å². The largest absolute Gasteiger partial charge is 0.486 e. The van der Waals surface area contributed by atoms with Crippen LogP contribution >= 0.6 is 11.8 Å². The Balaban J connectivity index is 1.29. The minimum Gasteiger partial charge on any atom is -0.486 e. The summed E-state index contributed by atoms with van der Waals surface area (Å²) in [6, 6.07) is 22.1. The Labute approximate surface area is 222 Å². The maximum Gasteiger partial charge on any atom is 0.283 e. The Morgan fingerprint density at radius 1 is 1.05 bits per heavy atom. The molecule has 0 bridgehead atoms. The number of aromatic nitrogens is 1. The monoisotopic (exact) mass is 523 g/mol. The number of halogens is 1. The number of thioether (sulfide) groups is 1. The minimum atomic E-state index is -0.504. The molecule has 3 heterocycles. The number of rotatable bonds is 6. The molecule has 38 heavy (non-hydrogen) atoms. The molecule has 3 aromatic carbocycles. The summed E-state index contributed by atoms with van der Waals surface area (Å²) in [6.45, 7) is 2.50. The molecule has 0 atom stereocenters. The number of amidine groups is 2. The van der Waals surface area contributed by atoms with Gasteiger partial charge in [-0.2, -0.15) is 15.1 Å². The highest BCUT2D eigenvalue weighted by Gasteiger charge is 2.36. The summed E-state index contributed by atoms with van der Waals surface area (Å²) < 4.78 is 22.2. The van der Waals surface area contributed by atoms with Crippen molar-refractivity contribution in [2.75, 3.05) is 6.61 Å². The van der Waals surface area contributed by atoms with Gasteiger partial charge in [0, 0.05) is 28.2 Å². The van der Waals surface area contributed by atoms with Gasteiger partial charge in [-0.1, -0.05) is 54.6 Å². The second kappa shape index (κ2) is 9.75. The molecule has 0 radical (unpaired) electrons. The van der Waals surface area contributed by atoms with Crippen LogP contribution in [0.4, 0.5) is 4.39 Å². The first kappa shape index (κ1) is 23.9. The van der Waals surface area contributed by atoms with E-state index in [2.05, 4.69) is 10.1 Å². The number of fused-ring (bicyclic) bond motifs is 2. The van der Waals surface area contributed by atoms with Gasteiger partial charge in [0.05, 0.1) is 12.1 Å². The van der Waals surface area contributed by atoms with Crippen molar-refractivity contribution in [2.45, 2.75) is 13.5 Å². The molecule has 2 aliphatic rings. The number of nitrogens with zero attached hydrogens (tertiary/aromatic N) is 4. The van der Waals surface area contributed by atoms with Crippen molar-refractivity contribution in [3.8, 4) is 5.75 Å². The average Bonchev–Trinajstić information content (AvgIpc) is 3.49. The first-order valence-corrected chi connectivity index (χ1v) is 12.8. The highest BCUT2D eigenvalue weighted by molar-refractivity contribution is 8.27. The standard InChI is InChI=1S/C29H22FN5O2S/c1-18-8-2-7-13-25(18)37-17-26-33-35-27(31)22(28(36)32-29(35)38-26)14-20-16-34(24-12-6-4-10-21(20)24)15-19-9-3-5-11-23(19)30/h2-14,16,31H,15,17H2,1H3/b22-14-,31-27?. The first-order valence-electron chi connectivity index (χ1n) is 12.0. The van der Waals surface area contributed by atoms with Gasteiger partial charge in [0.2, 0.25) is 5.17 Å². The number of amides is 1. The van der Waals surface area contributed by atoms with Crippen LogP contribution in [0.3, 0.4) is 0 Å². The number of hydrogen-bond acceptors (Lipinski definition) is 5. The van der Waals surface area contributed by atoms with Crippen LogP contribution in [0.1, 0.15) is 16.7 Å². The minimum absolute atomic E-state index is 0.0515. The molecular weight excluding hydrogens is 501 g/mol. The third kappa shape index (κ3) is 4.41. The fraction of sp³-hybridized carbons (Fsp3) is 0.103. The third-order valence-electron chi connectivity index (χ3n) is 6.36. The van der Waals surface area contributed by atoms with Gasteiger partial charge < -0.3 is 9.30 Å². The average molecular weight is 524 g/mol. The van der Waals surface area contributed by atoms with Gasteiger partial charge in [-0.25, -0.2) is 4.39 Å². The molecule has 0 saturated heterocycles. The summed E-state index contributed by atoms with van der Waals surface area (Å²) >= 11 is 1.22. The van der Waals surface area contributed by atoms with E-state index < -0.39 is 5.91 Å². The topological polar surface area (TPSA) is 83.0 Å². The molecule has 6 rings (SSSR count). The van der Waals surface area contributed by atoms with Gasteiger partial charge in [0.15, 0.2) is 5.84 Å². The first-order chi connectivity index (χ1) is 18.5. The summed E-state index contributed by atoms with van der Waals surface area (Å²) in [5, 5.41) is 16.4. The van der Waals surface area contributed by atoms with E-state index in [0.29, 0.717) is 22.3 Å². The second-order valence-corrected chi connectivity index (χ2v) is 9.93. The number of aliphatic imine (C=N–C) groups is 1. The zero-order valence-electron chi connectivity index (χ0n) is 20.4. The maximum atomic E-state index is 14.3. The third-order valence-corrected chi connectivity index (χ3v) is 7.24. The summed E-state index contributed by atoms with van der Waals surface area (Å²) in [7, 11) is 0. The van der Waals surface area contributed by atoms with E-state index >= 15 is 0 Å². The van der Waals surface area contributed by atoms with Crippen molar-refractivity contribution >= 4 is 50.7 Å². The normalized spacial score (nSPS) is 16.2. The van der Waals surface area contributed by atoms with Crippen LogP contribution in [-0.4, -0.2) is 38.1 Å². The smallest absolute Gasteiger partial charge is 0.283 e. The van der Waals surface area contributed by atoms with Crippen molar-refractivity contribution in [1.82, 2.24) is 9.58 Å². The molecule has 7 nitrogen and oxygen atoms in total.